The number of carbonyl (C=O) groups excluding carboxylic acids is 1. The third kappa shape index (κ3) is 1.45. The highest BCUT2D eigenvalue weighted by Gasteiger charge is 2.48. The first-order chi connectivity index (χ1) is 9.20. The Labute approximate surface area is 112 Å². The molecule has 2 aliphatic heterocycles. The molecule has 1 atom stereocenters. The van der Waals surface area contributed by atoms with Crippen LogP contribution in [-0.4, -0.2) is 35.4 Å². The Kier molecular flexibility index (Phi) is 2.19. The zero-order chi connectivity index (χ0) is 13.0. The Morgan fingerprint density at radius 1 is 1.21 bits per heavy atom. The van der Waals surface area contributed by atoms with Crippen molar-refractivity contribution in [2.75, 3.05) is 20.1 Å². The van der Waals surface area contributed by atoms with Gasteiger partial charge in [0, 0.05) is 24.0 Å². The minimum Gasteiger partial charge on any atom is -0.337 e. The van der Waals surface area contributed by atoms with Gasteiger partial charge in [0.2, 0.25) is 0 Å². The number of rotatable bonds is 0. The number of benzene rings is 1. The lowest BCUT2D eigenvalue weighted by Gasteiger charge is -2.36. The molecule has 3 nitrogen and oxygen atoms in total. The first-order valence-electron chi connectivity index (χ1n) is 7.01. The number of hydrogen-bond donors (Lipinski definition) is 0. The number of piperidine rings is 1. The SMILES string of the molecule is CN1CCCC2(C1)Cn1c(cc3ccccc31)C2=O. The minimum atomic E-state index is -0.160. The molecule has 1 aromatic heterocycles. The molecule has 2 aromatic rings. The maximum absolute atomic E-state index is 12.8. The van der Waals surface area contributed by atoms with E-state index >= 15 is 0 Å². The number of fused-ring (bicyclic) bond motifs is 3. The van der Waals surface area contributed by atoms with Gasteiger partial charge in [-0.3, -0.25) is 4.79 Å². The predicted octanol–water partition coefficient (Wildman–Crippen LogP) is 2.55. The zero-order valence-electron chi connectivity index (χ0n) is 11.2. The molecular formula is C16H18N2O. The van der Waals surface area contributed by atoms with Crippen LogP contribution in [0.3, 0.4) is 0 Å². The van der Waals surface area contributed by atoms with Crippen molar-refractivity contribution >= 4 is 16.7 Å². The fourth-order valence-electron chi connectivity index (χ4n) is 3.89. The summed E-state index contributed by atoms with van der Waals surface area (Å²) >= 11 is 0. The Morgan fingerprint density at radius 3 is 2.89 bits per heavy atom. The van der Waals surface area contributed by atoms with Crippen LogP contribution in [0.2, 0.25) is 0 Å². The van der Waals surface area contributed by atoms with Crippen molar-refractivity contribution < 1.29 is 4.79 Å². The number of carbonyl (C=O) groups is 1. The quantitative estimate of drug-likeness (QED) is 0.722. The molecular weight excluding hydrogens is 236 g/mol. The summed E-state index contributed by atoms with van der Waals surface area (Å²) in [6.45, 7) is 2.88. The molecule has 1 unspecified atom stereocenters. The molecule has 1 spiro atoms. The van der Waals surface area contributed by atoms with Gasteiger partial charge in [0.1, 0.15) is 0 Å². The van der Waals surface area contributed by atoms with E-state index in [2.05, 4.69) is 40.8 Å². The summed E-state index contributed by atoms with van der Waals surface area (Å²) in [6, 6.07) is 10.4. The number of likely N-dealkylation sites (tertiary alicyclic amines) is 1. The van der Waals surface area contributed by atoms with Crippen LogP contribution < -0.4 is 0 Å². The number of para-hydroxylation sites is 1. The lowest BCUT2D eigenvalue weighted by molar-refractivity contribution is 0.0619. The van der Waals surface area contributed by atoms with E-state index in [-0.39, 0.29) is 5.41 Å². The van der Waals surface area contributed by atoms with Crippen molar-refractivity contribution in [3.63, 3.8) is 0 Å². The van der Waals surface area contributed by atoms with Gasteiger partial charge < -0.3 is 9.47 Å². The van der Waals surface area contributed by atoms with E-state index < -0.39 is 0 Å². The molecule has 3 heterocycles. The zero-order valence-corrected chi connectivity index (χ0v) is 11.2. The van der Waals surface area contributed by atoms with Gasteiger partial charge in [-0.05, 0) is 38.6 Å². The fraction of sp³-hybridized carbons (Fsp3) is 0.438. The topological polar surface area (TPSA) is 25.2 Å². The van der Waals surface area contributed by atoms with Crippen LogP contribution in [0.5, 0.6) is 0 Å². The third-order valence-electron chi connectivity index (χ3n) is 4.75. The maximum Gasteiger partial charge on any atom is 0.188 e. The summed E-state index contributed by atoms with van der Waals surface area (Å²) in [5.41, 5.74) is 1.96. The molecule has 19 heavy (non-hydrogen) atoms. The van der Waals surface area contributed by atoms with Crippen LogP contribution in [0, 0.1) is 5.41 Å². The third-order valence-corrected chi connectivity index (χ3v) is 4.75. The fourth-order valence-corrected chi connectivity index (χ4v) is 3.89. The second-order valence-corrected chi connectivity index (χ2v) is 6.13. The maximum atomic E-state index is 12.8. The Balaban J connectivity index is 1.84. The smallest absolute Gasteiger partial charge is 0.188 e. The molecule has 98 valence electrons. The second kappa shape index (κ2) is 3.70. The molecule has 0 radical (unpaired) electrons. The summed E-state index contributed by atoms with van der Waals surface area (Å²) in [6.07, 6.45) is 2.16. The van der Waals surface area contributed by atoms with E-state index in [4.69, 9.17) is 0 Å². The average molecular weight is 254 g/mol. The standard InChI is InChI=1S/C16H18N2O/c1-17-8-4-7-16(10-17)11-18-13-6-3-2-5-12(13)9-14(18)15(16)19/h2-3,5-6,9H,4,7-8,10-11H2,1H3. The Morgan fingerprint density at radius 2 is 2.05 bits per heavy atom. The number of ketones is 1. The normalized spacial score (nSPS) is 27.3. The van der Waals surface area contributed by atoms with Crippen molar-refractivity contribution in [3.8, 4) is 0 Å². The molecule has 0 bridgehead atoms. The van der Waals surface area contributed by atoms with Crippen LogP contribution in [0.1, 0.15) is 23.3 Å². The van der Waals surface area contributed by atoms with E-state index in [0.29, 0.717) is 5.78 Å². The molecule has 4 rings (SSSR count). The average Bonchev–Trinajstić information content (AvgIpc) is 2.87. The lowest BCUT2D eigenvalue weighted by Crippen LogP contribution is -2.45. The van der Waals surface area contributed by atoms with Crippen LogP contribution in [0.25, 0.3) is 10.9 Å². The Hall–Kier alpha value is -1.61. The van der Waals surface area contributed by atoms with Gasteiger partial charge in [0.15, 0.2) is 5.78 Å². The predicted molar refractivity (Wildman–Crippen MR) is 75.4 cm³/mol. The molecule has 3 heteroatoms. The van der Waals surface area contributed by atoms with E-state index in [1.54, 1.807) is 0 Å². The molecule has 0 aliphatic carbocycles. The molecule has 1 aromatic carbocycles. The van der Waals surface area contributed by atoms with Crippen LogP contribution in [0.15, 0.2) is 30.3 Å². The largest absolute Gasteiger partial charge is 0.337 e. The highest BCUT2D eigenvalue weighted by atomic mass is 16.1. The van der Waals surface area contributed by atoms with Gasteiger partial charge in [-0.15, -0.1) is 0 Å². The summed E-state index contributed by atoms with van der Waals surface area (Å²) in [5.74, 6) is 0.357. The van der Waals surface area contributed by atoms with Crippen molar-refractivity contribution in [3.05, 3.63) is 36.0 Å². The minimum absolute atomic E-state index is 0.160. The summed E-state index contributed by atoms with van der Waals surface area (Å²) in [7, 11) is 2.12. The van der Waals surface area contributed by atoms with Crippen LogP contribution in [0.4, 0.5) is 0 Å². The monoisotopic (exact) mass is 254 g/mol. The van der Waals surface area contributed by atoms with E-state index in [9.17, 15) is 4.79 Å². The molecule has 2 aliphatic rings. The van der Waals surface area contributed by atoms with Gasteiger partial charge in [0.05, 0.1) is 11.1 Å². The van der Waals surface area contributed by atoms with E-state index in [0.717, 1.165) is 38.2 Å². The molecule has 1 fully saturated rings. The first kappa shape index (κ1) is 11.2. The number of Topliss-reactive ketones (excluding diaryl/α,β-unsaturated/α-hetero) is 1. The summed E-state index contributed by atoms with van der Waals surface area (Å²) in [5, 5.41) is 1.19. The summed E-state index contributed by atoms with van der Waals surface area (Å²) in [4.78, 5) is 15.1. The van der Waals surface area contributed by atoms with E-state index in [1.807, 2.05) is 6.07 Å². The lowest BCUT2D eigenvalue weighted by atomic mass is 9.77. The van der Waals surface area contributed by atoms with Gasteiger partial charge >= 0.3 is 0 Å². The van der Waals surface area contributed by atoms with Crippen LogP contribution in [-0.2, 0) is 6.54 Å². The highest BCUT2D eigenvalue weighted by Crippen LogP contribution is 2.42. The summed E-state index contributed by atoms with van der Waals surface area (Å²) < 4.78 is 2.23. The number of aromatic nitrogens is 1. The highest BCUT2D eigenvalue weighted by molar-refractivity contribution is 6.05. The van der Waals surface area contributed by atoms with Gasteiger partial charge in [0.25, 0.3) is 0 Å². The first-order valence-corrected chi connectivity index (χ1v) is 7.01. The Bertz CT molecular complexity index is 672. The van der Waals surface area contributed by atoms with Crippen LogP contribution >= 0.6 is 0 Å². The number of nitrogens with zero attached hydrogens (tertiary/aromatic N) is 2. The number of hydrogen-bond acceptors (Lipinski definition) is 2. The molecule has 0 saturated carbocycles. The van der Waals surface area contributed by atoms with Gasteiger partial charge in [-0.25, -0.2) is 0 Å². The molecule has 1 saturated heterocycles. The molecule has 0 amide bonds. The van der Waals surface area contributed by atoms with Crippen molar-refractivity contribution in [2.45, 2.75) is 19.4 Å². The van der Waals surface area contributed by atoms with Crippen molar-refractivity contribution in [1.29, 1.82) is 0 Å². The second-order valence-electron chi connectivity index (χ2n) is 6.13. The van der Waals surface area contributed by atoms with Gasteiger partial charge in [-0.1, -0.05) is 18.2 Å². The van der Waals surface area contributed by atoms with E-state index in [1.165, 1.54) is 10.9 Å². The van der Waals surface area contributed by atoms with Crippen molar-refractivity contribution in [1.82, 2.24) is 9.47 Å². The van der Waals surface area contributed by atoms with Crippen molar-refractivity contribution in [2.24, 2.45) is 5.41 Å². The van der Waals surface area contributed by atoms with Gasteiger partial charge in [-0.2, -0.15) is 0 Å². The molecule has 0 N–H and O–H groups in total.